The van der Waals surface area contributed by atoms with Crippen molar-refractivity contribution < 1.29 is 42.2 Å². The van der Waals surface area contributed by atoms with Crippen LogP contribution in [0, 0.1) is 0 Å². The Morgan fingerprint density at radius 1 is 1.24 bits per heavy atom. The maximum absolute atomic E-state index is 12.6. The van der Waals surface area contributed by atoms with Crippen LogP contribution in [0.15, 0.2) is 36.5 Å². The van der Waals surface area contributed by atoms with Crippen LogP contribution < -0.4 is 15.0 Å². The summed E-state index contributed by atoms with van der Waals surface area (Å²) < 4.78 is 48.6. The van der Waals surface area contributed by atoms with Crippen molar-refractivity contribution in [2.75, 3.05) is 6.61 Å². The van der Waals surface area contributed by atoms with E-state index in [2.05, 4.69) is 9.82 Å². The number of carbonyl (C=O) groups excluding carboxylic acids is 1. The SMILES string of the molecule is CC(Oc1ccc(Oc2ncc(C(F)(F)F)cc2Cl)cc1)C(=O)NOCC(=O)O. The molecule has 0 fully saturated rings. The van der Waals surface area contributed by atoms with Gasteiger partial charge in [-0.15, -0.1) is 0 Å². The van der Waals surface area contributed by atoms with E-state index in [0.717, 1.165) is 0 Å². The number of nitrogens with one attached hydrogen (secondary N) is 1. The Kier molecular flexibility index (Phi) is 7.23. The third-order valence-electron chi connectivity index (χ3n) is 3.22. The number of hydrogen-bond donors (Lipinski definition) is 2. The standard InChI is InChI=1S/C17H14ClF3N2O6/c1-9(15(26)23-27-8-14(24)25)28-11-2-4-12(5-3-11)29-16-13(18)6-10(7-22-16)17(19,20)21/h2-7,9H,8H2,1H3,(H,23,26)(H,24,25). The third kappa shape index (κ3) is 6.80. The lowest BCUT2D eigenvalue weighted by Gasteiger charge is -2.14. The zero-order chi connectivity index (χ0) is 21.6. The van der Waals surface area contributed by atoms with Crippen LogP contribution in [0.2, 0.25) is 5.02 Å². The first-order valence-electron chi connectivity index (χ1n) is 7.87. The van der Waals surface area contributed by atoms with Gasteiger partial charge < -0.3 is 14.6 Å². The van der Waals surface area contributed by atoms with Crippen molar-refractivity contribution in [3.63, 3.8) is 0 Å². The molecule has 1 aromatic heterocycles. The number of alkyl halides is 3. The first-order valence-corrected chi connectivity index (χ1v) is 8.25. The second kappa shape index (κ2) is 9.43. The number of hydroxylamine groups is 1. The molecule has 1 heterocycles. The third-order valence-corrected chi connectivity index (χ3v) is 3.49. The van der Waals surface area contributed by atoms with Crippen LogP contribution in [0.1, 0.15) is 12.5 Å². The van der Waals surface area contributed by atoms with Gasteiger partial charge in [0.1, 0.15) is 16.5 Å². The van der Waals surface area contributed by atoms with E-state index >= 15 is 0 Å². The number of rotatable bonds is 8. The van der Waals surface area contributed by atoms with Crippen LogP contribution in [-0.2, 0) is 20.6 Å². The molecule has 8 nitrogen and oxygen atoms in total. The molecule has 156 valence electrons. The Labute approximate surface area is 167 Å². The van der Waals surface area contributed by atoms with Crippen LogP contribution in [-0.4, -0.2) is 34.7 Å². The molecule has 1 aromatic carbocycles. The number of carboxylic acids is 1. The van der Waals surface area contributed by atoms with Crippen molar-refractivity contribution in [3.05, 3.63) is 47.1 Å². The molecule has 2 aromatic rings. The number of carboxylic acid groups (broad SMARTS) is 1. The summed E-state index contributed by atoms with van der Waals surface area (Å²) in [6.45, 7) is 0.709. The topological polar surface area (TPSA) is 107 Å². The Balaban J connectivity index is 1.95. The number of hydrogen-bond acceptors (Lipinski definition) is 6. The van der Waals surface area contributed by atoms with Gasteiger partial charge in [0.05, 0.1) is 5.56 Å². The fourth-order valence-electron chi connectivity index (χ4n) is 1.86. The van der Waals surface area contributed by atoms with Crippen molar-refractivity contribution in [2.24, 2.45) is 0 Å². The van der Waals surface area contributed by atoms with Gasteiger partial charge in [0.2, 0.25) is 5.88 Å². The maximum atomic E-state index is 12.6. The number of nitrogens with zero attached hydrogens (tertiary/aromatic N) is 1. The molecule has 2 N–H and O–H groups in total. The quantitative estimate of drug-likeness (QED) is 0.613. The summed E-state index contributed by atoms with van der Waals surface area (Å²) in [6.07, 6.45) is -4.97. The van der Waals surface area contributed by atoms with Gasteiger partial charge in [0, 0.05) is 6.20 Å². The van der Waals surface area contributed by atoms with Gasteiger partial charge >= 0.3 is 12.1 Å². The van der Waals surface area contributed by atoms with Crippen LogP contribution in [0.3, 0.4) is 0 Å². The fraction of sp³-hybridized carbons (Fsp3) is 0.235. The van der Waals surface area contributed by atoms with Crippen LogP contribution in [0.4, 0.5) is 13.2 Å². The number of aliphatic carboxylic acids is 1. The largest absolute Gasteiger partial charge is 0.481 e. The summed E-state index contributed by atoms with van der Waals surface area (Å²) in [5.41, 5.74) is 0.925. The zero-order valence-corrected chi connectivity index (χ0v) is 15.5. The molecule has 2 rings (SSSR count). The predicted octanol–water partition coefficient (Wildman–Crippen LogP) is 3.45. The van der Waals surface area contributed by atoms with Crippen molar-refractivity contribution in [3.8, 4) is 17.4 Å². The molecule has 1 atom stereocenters. The van der Waals surface area contributed by atoms with Gasteiger partial charge in [-0.2, -0.15) is 13.2 Å². The highest BCUT2D eigenvalue weighted by molar-refractivity contribution is 6.31. The minimum absolute atomic E-state index is 0.211. The molecule has 0 aliphatic heterocycles. The van der Waals surface area contributed by atoms with Gasteiger partial charge in [-0.1, -0.05) is 11.6 Å². The molecule has 0 radical (unpaired) electrons. The van der Waals surface area contributed by atoms with Gasteiger partial charge in [-0.3, -0.25) is 9.63 Å². The van der Waals surface area contributed by atoms with E-state index in [1.54, 1.807) is 0 Å². The van der Waals surface area contributed by atoms with Crippen LogP contribution in [0.25, 0.3) is 0 Å². The highest BCUT2D eigenvalue weighted by Gasteiger charge is 2.31. The maximum Gasteiger partial charge on any atom is 0.417 e. The van der Waals surface area contributed by atoms with Gasteiger partial charge in [0.25, 0.3) is 5.91 Å². The Morgan fingerprint density at radius 3 is 2.41 bits per heavy atom. The van der Waals surface area contributed by atoms with E-state index in [0.29, 0.717) is 12.3 Å². The van der Waals surface area contributed by atoms with E-state index in [1.807, 2.05) is 5.48 Å². The molecule has 12 heteroatoms. The molecular formula is C17H14ClF3N2O6. The van der Waals surface area contributed by atoms with E-state index < -0.39 is 36.3 Å². The molecule has 0 saturated heterocycles. The van der Waals surface area contributed by atoms with Gasteiger partial charge in [-0.05, 0) is 37.3 Å². The first-order chi connectivity index (χ1) is 13.6. The minimum Gasteiger partial charge on any atom is -0.481 e. The lowest BCUT2D eigenvalue weighted by Crippen LogP contribution is -2.37. The molecule has 0 aliphatic carbocycles. The highest BCUT2D eigenvalue weighted by Crippen LogP contribution is 2.34. The van der Waals surface area contributed by atoms with E-state index in [4.69, 9.17) is 26.2 Å². The number of aromatic nitrogens is 1. The number of amides is 1. The number of carbonyl (C=O) groups is 2. The summed E-state index contributed by atoms with van der Waals surface area (Å²) in [6, 6.07) is 6.44. The Bertz CT molecular complexity index is 876. The van der Waals surface area contributed by atoms with Crippen molar-refractivity contribution in [1.29, 1.82) is 0 Å². The molecule has 1 amide bonds. The van der Waals surface area contributed by atoms with Crippen molar-refractivity contribution in [1.82, 2.24) is 10.5 Å². The molecule has 1 unspecified atom stereocenters. The number of ether oxygens (including phenoxy) is 2. The van der Waals surface area contributed by atoms with E-state index in [-0.39, 0.29) is 22.4 Å². The Hall–Kier alpha value is -3.05. The second-order valence-corrected chi connectivity index (χ2v) is 5.90. The average Bonchev–Trinajstić information content (AvgIpc) is 2.63. The average molecular weight is 435 g/mol. The molecule has 0 bridgehead atoms. The highest BCUT2D eigenvalue weighted by atomic mass is 35.5. The smallest absolute Gasteiger partial charge is 0.417 e. The minimum atomic E-state index is -4.57. The molecule has 0 aliphatic rings. The van der Waals surface area contributed by atoms with Crippen molar-refractivity contribution >= 4 is 23.5 Å². The van der Waals surface area contributed by atoms with Crippen LogP contribution in [0.5, 0.6) is 17.4 Å². The van der Waals surface area contributed by atoms with Crippen molar-refractivity contribution in [2.45, 2.75) is 19.2 Å². The summed E-state index contributed by atoms with van der Waals surface area (Å²) in [4.78, 5) is 30.0. The van der Waals surface area contributed by atoms with Crippen LogP contribution >= 0.6 is 11.6 Å². The van der Waals surface area contributed by atoms with Gasteiger partial charge in [0.15, 0.2) is 12.7 Å². The lowest BCUT2D eigenvalue weighted by molar-refractivity contribution is -0.151. The van der Waals surface area contributed by atoms with Gasteiger partial charge in [-0.25, -0.2) is 15.3 Å². The summed E-state index contributed by atoms with van der Waals surface area (Å²) in [7, 11) is 0. The number of halogens is 4. The second-order valence-electron chi connectivity index (χ2n) is 5.49. The molecule has 0 spiro atoms. The Morgan fingerprint density at radius 2 is 1.86 bits per heavy atom. The lowest BCUT2D eigenvalue weighted by atomic mass is 10.3. The summed E-state index contributed by atoms with van der Waals surface area (Å²) in [5.74, 6) is -1.68. The summed E-state index contributed by atoms with van der Waals surface area (Å²) >= 11 is 5.78. The van der Waals surface area contributed by atoms with E-state index in [1.165, 1.54) is 31.2 Å². The number of pyridine rings is 1. The first kappa shape index (κ1) is 22.2. The molecule has 29 heavy (non-hydrogen) atoms. The monoisotopic (exact) mass is 434 g/mol. The zero-order valence-electron chi connectivity index (χ0n) is 14.7. The number of benzene rings is 1. The summed E-state index contributed by atoms with van der Waals surface area (Å²) in [5, 5.41) is 8.10. The fourth-order valence-corrected chi connectivity index (χ4v) is 2.07. The normalized spacial score (nSPS) is 12.2. The molecular weight excluding hydrogens is 421 g/mol. The predicted molar refractivity (Wildman–Crippen MR) is 92.6 cm³/mol. The molecule has 0 saturated carbocycles. The van der Waals surface area contributed by atoms with E-state index in [9.17, 15) is 22.8 Å².